The van der Waals surface area contributed by atoms with Crippen LogP contribution in [0.3, 0.4) is 0 Å². The predicted molar refractivity (Wildman–Crippen MR) is 124 cm³/mol. The molecule has 1 N–H and O–H groups in total. The van der Waals surface area contributed by atoms with Crippen LogP contribution >= 0.6 is 0 Å². The summed E-state index contributed by atoms with van der Waals surface area (Å²) in [5, 5.41) is 15.2. The lowest BCUT2D eigenvalue weighted by Crippen LogP contribution is -2.17. The molecule has 0 radical (unpaired) electrons. The van der Waals surface area contributed by atoms with E-state index in [4.69, 9.17) is 4.74 Å². The lowest BCUT2D eigenvalue weighted by atomic mass is 9.87. The topological polar surface area (TPSA) is 90.2 Å². The molecule has 0 fully saturated rings. The second-order valence-corrected chi connectivity index (χ2v) is 7.88. The number of aromatic nitrogens is 2. The van der Waals surface area contributed by atoms with Gasteiger partial charge in [-0.2, -0.15) is 0 Å². The van der Waals surface area contributed by atoms with E-state index in [2.05, 4.69) is 39.6 Å². The Hall–Kier alpha value is -4.00. The third-order valence-corrected chi connectivity index (χ3v) is 5.97. The van der Waals surface area contributed by atoms with Crippen molar-refractivity contribution in [2.75, 3.05) is 12.4 Å². The van der Waals surface area contributed by atoms with Gasteiger partial charge in [0.05, 0.1) is 29.1 Å². The minimum absolute atomic E-state index is 0.0818. The minimum atomic E-state index is -0.433. The van der Waals surface area contributed by atoms with Gasteiger partial charge in [0.2, 0.25) is 0 Å². The van der Waals surface area contributed by atoms with Crippen molar-refractivity contribution in [2.45, 2.75) is 25.3 Å². The van der Waals surface area contributed by atoms with Crippen molar-refractivity contribution < 1.29 is 9.66 Å². The van der Waals surface area contributed by atoms with Gasteiger partial charge in [0.25, 0.3) is 0 Å². The molecule has 7 nitrogen and oxygen atoms in total. The molecule has 32 heavy (non-hydrogen) atoms. The maximum atomic E-state index is 11.6. The second-order valence-electron chi connectivity index (χ2n) is 7.88. The molecule has 0 saturated carbocycles. The summed E-state index contributed by atoms with van der Waals surface area (Å²) in [6.45, 7) is 0. The summed E-state index contributed by atoms with van der Waals surface area (Å²) in [6, 6.07) is 17.7. The second kappa shape index (κ2) is 8.26. The van der Waals surface area contributed by atoms with Crippen molar-refractivity contribution >= 4 is 22.4 Å². The van der Waals surface area contributed by atoms with Crippen LogP contribution in [-0.2, 0) is 6.42 Å². The summed E-state index contributed by atoms with van der Waals surface area (Å²) in [4.78, 5) is 20.1. The van der Waals surface area contributed by atoms with Crippen LogP contribution < -0.4 is 10.1 Å². The van der Waals surface area contributed by atoms with E-state index in [1.807, 2.05) is 18.2 Å². The number of ether oxygens (including phenoxy) is 1. The van der Waals surface area contributed by atoms with Crippen LogP contribution in [0.5, 0.6) is 5.75 Å². The summed E-state index contributed by atoms with van der Waals surface area (Å²) < 4.78 is 5.16. The molecule has 1 atom stereocenters. The molecule has 0 amide bonds. The van der Waals surface area contributed by atoms with Crippen LogP contribution in [0.2, 0.25) is 0 Å². The van der Waals surface area contributed by atoms with Gasteiger partial charge in [0.15, 0.2) is 5.75 Å². The van der Waals surface area contributed by atoms with Crippen molar-refractivity contribution in [3.05, 3.63) is 88.2 Å². The first-order valence-corrected chi connectivity index (χ1v) is 10.6. The molecule has 1 aliphatic carbocycles. The smallest absolute Gasteiger partial charge is 0.311 e. The van der Waals surface area contributed by atoms with E-state index in [0.717, 1.165) is 36.0 Å². The number of nitro benzene ring substituents is 1. The Morgan fingerprint density at radius 1 is 1.09 bits per heavy atom. The third kappa shape index (κ3) is 3.62. The van der Waals surface area contributed by atoms with Gasteiger partial charge in [-0.05, 0) is 54.2 Å². The van der Waals surface area contributed by atoms with Crippen LogP contribution in [0.1, 0.15) is 30.0 Å². The Bertz CT molecular complexity index is 1320. The Kier molecular flexibility index (Phi) is 5.15. The van der Waals surface area contributed by atoms with E-state index in [-0.39, 0.29) is 17.5 Å². The summed E-state index contributed by atoms with van der Waals surface area (Å²) >= 11 is 0. The molecular weight excluding hydrogens is 404 g/mol. The van der Waals surface area contributed by atoms with E-state index in [1.54, 1.807) is 18.5 Å². The SMILES string of the molecule is COc1ccc(-c2cc(N[C@@H]3CCCc4ccccc43)cc3nccnc23)cc1[N+](=O)[O-]. The molecule has 0 bridgehead atoms. The molecule has 7 heteroatoms. The molecule has 3 aromatic carbocycles. The number of methoxy groups -OCH3 is 1. The van der Waals surface area contributed by atoms with Gasteiger partial charge in [-0.1, -0.05) is 30.3 Å². The van der Waals surface area contributed by atoms with Gasteiger partial charge in [0, 0.05) is 29.7 Å². The number of nitro groups is 1. The lowest BCUT2D eigenvalue weighted by molar-refractivity contribution is -0.385. The maximum absolute atomic E-state index is 11.6. The van der Waals surface area contributed by atoms with Gasteiger partial charge >= 0.3 is 5.69 Å². The number of anilines is 1. The standard InChI is InChI=1S/C25H22N4O3/c1-32-24-10-9-17(13-23(24)29(30)31)20-14-18(15-22-25(20)27-12-11-26-22)28-21-8-4-6-16-5-2-3-7-19(16)21/h2-3,5,7,9-15,21,28H,4,6,8H2,1H3/t21-/m1/s1. The van der Waals surface area contributed by atoms with Crippen molar-refractivity contribution in [2.24, 2.45) is 0 Å². The van der Waals surface area contributed by atoms with E-state index >= 15 is 0 Å². The summed E-state index contributed by atoms with van der Waals surface area (Å²) in [5.41, 5.74) is 6.43. The Balaban J connectivity index is 1.61. The molecule has 1 aromatic heterocycles. The van der Waals surface area contributed by atoms with Crippen molar-refractivity contribution in [3.63, 3.8) is 0 Å². The van der Waals surface area contributed by atoms with Gasteiger partial charge in [-0.3, -0.25) is 20.1 Å². The van der Waals surface area contributed by atoms with E-state index in [9.17, 15) is 10.1 Å². The van der Waals surface area contributed by atoms with Gasteiger partial charge in [-0.25, -0.2) is 0 Å². The molecule has 1 heterocycles. The summed E-state index contributed by atoms with van der Waals surface area (Å²) in [7, 11) is 1.43. The highest BCUT2D eigenvalue weighted by Crippen LogP contribution is 2.38. The number of fused-ring (bicyclic) bond motifs is 2. The number of benzene rings is 3. The zero-order chi connectivity index (χ0) is 22.1. The number of rotatable bonds is 5. The molecule has 0 spiro atoms. The quantitative estimate of drug-likeness (QED) is 0.325. The first kappa shape index (κ1) is 19.9. The zero-order valence-corrected chi connectivity index (χ0v) is 17.6. The van der Waals surface area contributed by atoms with Gasteiger partial charge in [0.1, 0.15) is 0 Å². The fourth-order valence-corrected chi connectivity index (χ4v) is 4.48. The Morgan fingerprint density at radius 3 is 2.78 bits per heavy atom. The molecule has 0 aliphatic heterocycles. The number of aryl methyl sites for hydroxylation is 1. The first-order valence-electron chi connectivity index (χ1n) is 10.6. The summed E-state index contributed by atoms with van der Waals surface area (Å²) in [5.74, 6) is 0.224. The van der Waals surface area contributed by atoms with E-state index in [1.165, 1.54) is 24.3 Å². The van der Waals surface area contributed by atoms with Crippen molar-refractivity contribution in [3.8, 4) is 16.9 Å². The van der Waals surface area contributed by atoms with Crippen LogP contribution in [0.4, 0.5) is 11.4 Å². The van der Waals surface area contributed by atoms with Crippen LogP contribution in [0.15, 0.2) is 67.0 Å². The number of hydrogen-bond acceptors (Lipinski definition) is 6. The zero-order valence-electron chi connectivity index (χ0n) is 17.6. The summed E-state index contributed by atoms with van der Waals surface area (Å²) in [6.07, 6.45) is 6.55. The van der Waals surface area contributed by atoms with E-state index in [0.29, 0.717) is 11.1 Å². The largest absolute Gasteiger partial charge is 0.490 e. The predicted octanol–water partition coefficient (Wildman–Crippen LogP) is 5.70. The maximum Gasteiger partial charge on any atom is 0.311 e. The minimum Gasteiger partial charge on any atom is -0.490 e. The monoisotopic (exact) mass is 426 g/mol. The molecule has 0 unspecified atom stereocenters. The molecule has 0 saturated heterocycles. The first-order chi connectivity index (χ1) is 15.6. The molecule has 1 aliphatic rings. The van der Waals surface area contributed by atoms with Crippen LogP contribution in [0, 0.1) is 10.1 Å². The average Bonchev–Trinajstić information content (AvgIpc) is 2.83. The number of nitrogens with one attached hydrogen (secondary N) is 1. The van der Waals surface area contributed by atoms with Crippen molar-refractivity contribution in [1.29, 1.82) is 0 Å². The third-order valence-electron chi connectivity index (χ3n) is 5.97. The van der Waals surface area contributed by atoms with Crippen LogP contribution in [-0.4, -0.2) is 22.0 Å². The Labute approximate surface area is 185 Å². The molecule has 5 rings (SSSR count). The average molecular weight is 426 g/mol. The van der Waals surface area contributed by atoms with Gasteiger partial charge in [-0.15, -0.1) is 0 Å². The van der Waals surface area contributed by atoms with Gasteiger partial charge < -0.3 is 10.1 Å². The molecule has 4 aromatic rings. The van der Waals surface area contributed by atoms with E-state index < -0.39 is 4.92 Å². The fourth-order valence-electron chi connectivity index (χ4n) is 4.48. The van der Waals surface area contributed by atoms with Crippen molar-refractivity contribution in [1.82, 2.24) is 9.97 Å². The molecule has 160 valence electrons. The number of nitrogens with zero attached hydrogens (tertiary/aromatic N) is 3. The molecular formula is C25H22N4O3. The lowest BCUT2D eigenvalue weighted by Gasteiger charge is -2.27. The fraction of sp³-hybridized carbons (Fsp3) is 0.200. The normalized spacial score (nSPS) is 15.2. The van der Waals surface area contributed by atoms with Crippen LogP contribution in [0.25, 0.3) is 22.2 Å². The highest BCUT2D eigenvalue weighted by atomic mass is 16.6. The number of hydrogen-bond donors (Lipinski definition) is 1. The highest BCUT2D eigenvalue weighted by molar-refractivity contribution is 5.95. The Morgan fingerprint density at radius 2 is 1.94 bits per heavy atom. The highest BCUT2D eigenvalue weighted by Gasteiger charge is 2.21.